The molecule has 0 bridgehead atoms. The lowest BCUT2D eigenvalue weighted by atomic mass is 10.1. The number of nitrogens with zero attached hydrogens (tertiary/aromatic N) is 2. The second-order valence-corrected chi connectivity index (χ2v) is 5.06. The third kappa shape index (κ3) is 5.19. The summed E-state index contributed by atoms with van der Waals surface area (Å²) in [4.78, 5) is 6.92. The van der Waals surface area contributed by atoms with E-state index in [-0.39, 0.29) is 0 Å². The Balaban J connectivity index is 2.84. The maximum atomic E-state index is 4.45. The van der Waals surface area contributed by atoms with Gasteiger partial charge in [0.2, 0.25) is 0 Å². The van der Waals surface area contributed by atoms with Gasteiger partial charge >= 0.3 is 0 Å². The summed E-state index contributed by atoms with van der Waals surface area (Å²) in [5.41, 5.74) is 3.77. The molecule has 1 heterocycles. The molecule has 0 atom stereocenters. The van der Waals surface area contributed by atoms with E-state index in [1.165, 1.54) is 30.5 Å². The van der Waals surface area contributed by atoms with Crippen molar-refractivity contribution in [2.45, 2.75) is 53.5 Å². The van der Waals surface area contributed by atoms with Crippen molar-refractivity contribution in [3.63, 3.8) is 0 Å². The van der Waals surface area contributed by atoms with Gasteiger partial charge in [-0.3, -0.25) is 4.98 Å². The largest absolute Gasteiger partial charge is 0.371 e. The Morgan fingerprint density at radius 1 is 1.21 bits per heavy atom. The first-order chi connectivity index (χ1) is 9.22. The average molecular weight is 263 g/mol. The Hall–Kier alpha value is -1.09. The molecule has 0 unspecified atom stereocenters. The van der Waals surface area contributed by atoms with Crippen molar-refractivity contribution in [2.75, 3.05) is 24.5 Å². The summed E-state index contributed by atoms with van der Waals surface area (Å²) in [6.07, 6.45) is 5.69. The first-order valence-corrected chi connectivity index (χ1v) is 7.64. The van der Waals surface area contributed by atoms with Gasteiger partial charge in [-0.25, -0.2) is 0 Å². The van der Waals surface area contributed by atoms with Crippen LogP contribution < -0.4 is 10.2 Å². The second-order valence-electron chi connectivity index (χ2n) is 5.06. The molecule has 0 amide bonds. The van der Waals surface area contributed by atoms with Crippen molar-refractivity contribution >= 4 is 5.69 Å². The third-order valence-electron chi connectivity index (χ3n) is 3.34. The molecule has 0 aliphatic heterocycles. The van der Waals surface area contributed by atoms with Crippen LogP contribution in [0.5, 0.6) is 0 Å². The number of pyridine rings is 1. The van der Waals surface area contributed by atoms with Crippen molar-refractivity contribution in [3.8, 4) is 0 Å². The molecule has 1 N–H and O–H groups in total. The first kappa shape index (κ1) is 16.0. The molecule has 3 heteroatoms. The van der Waals surface area contributed by atoms with Crippen LogP contribution in [0, 0.1) is 6.92 Å². The molecule has 1 aromatic heterocycles. The van der Waals surface area contributed by atoms with E-state index in [0.29, 0.717) is 0 Å². The van der Waals surface area contributed by atoms with Crippen LogP contribution in [0.25, 0.3) is 0 Å². The van der Waals surface area contributed by atoms with Gasteiger partial charge in [0.1, 0.15) is 0 Å². The molecule has 0 aliphatic rings. The Kier molecular flexibility index (Phi) is 7.49. The SMILES string of the molecule is CCCCN(CC)c1cc(C)ncc1CNCCC. The van der Waals surface area contributed by atoms with Crippen LogP contribution >= 0.6 is 0 Å². The van der Waals surface area contributed by atoms with Gasteiger partial charge in [-0.05, 0) is 39.3 Å². The zero-order chi connectivity index (χ0) is 14.1. The van der Waals surface area contributed by atoms with Gasteiger partial charge in [0.05, 0.1) is 0 Å². The molecule has 0 aromatic carbocycles. The minimum atomic E-state index is 0.916. The molecule has 0 radical (unpaired) electrons. The molecule has 1 aromatic rings. The fraction of sp³-hybridized carbons (Fsp3) is 0.688. The normalized spacial score (nSPS) is 10.7. The predicted octanol–water partition coefficient (Wildman–Crippen LogP) is 3.52. The molecular weight excluding hydrogens is 234 g/mol. The van der Waals surface area contributed by atoms with Crippen molar-refractivity contribution in [3.05, 3.63) is 23.5 Å². The van der Waals surface area contributed by atoms with Gasteiger partial charge in [-0.15, -0.1) is 0 Å². The maximum absolute atomic E-state index is 4.45. The molecule has 0 fully saturated rings. The lowest BCUT2D eigenvalue weighted by Gasteiger charge is -2.26. The van der Waals surface area contributed by atoms with E-state index in [2.05, 4.69) is 49.0 Å². The third-order valence-corrected chi connectivity index (χ3v) is 3.34. The van der Waals surface area contributed by atoms with E-state index in [1.807, 2.05) is 6.20 Å². The Labute approximate surface area is 118 Å². The minimum Gasteiger partial charge on any atom is -0.371 e. The molecule has 0 saturated carbocycles. The van der Waals surface area contributed by atoms with E-state index in [4.69, 9.17) is 0 Å². The monoisotopic (exact) mass is 263 g/mol. The standard InChI is InChI=1S/C16H29N3/c1-5-8-10-19(7-3)16-11-14(4)18-13-15(16)12-17-9-6-2/h11,13,17H,5-10,12H2,1-4H3. The molecule has 0 spiro atoms. The van der Waals surface area contributed by atoms with Crippen molar-refractivity contribution in [2.24, 2.45) is 0 Å². The second kappa shape index (κ2) is 8.92. The summed E-state index contributed by atoms with van der Waals surface area (Å²) < 4.78 is 0. The number of hydrogen-bond acceptors (Lipinski definition) is 3. The van der Waals surface area contributed by atoms with Gasteiger partial charge in [-0.1, -0.05) is 20.3 Å². The van der Waals surface area contributed by atoms with Crippen LogP contribution in [0.15, 0.2) is 12.3 Å². The van der Waals surface area contributed by atoms with Crippen LogP contribution in [0.2, 0.25) is 0 Å². The molecular formula is C16H29N3. The van der Waals surface area contributed by atoms with Crippen LogP contribution in [0.3, 0.4) is 0 Å². The lowest BCUT2D eigenvalue weighted by molar-refractivity contribution is 0.666. The fourth-order valence-electron chi connectivity index (χ4n) is 2.20. The molecule has 1 rings (SSSR count). The highest BCUT2D eigenvalue weighted by molar-refractivity contribution is 5.53. The van der Waals surface area contributed by atoms with Gasteiger partial charge in [0.15, 0.2) is 0 Å². The van der Waals surface area contributed by atoms with E-state index < -0.39 is 0 Å². The highest BCUT2D eigenvalue weighted by Gasteiger charge is 2.10. The van der Waals surface area contributed by atoms with Gasteiger partial charge in [0.25, 0.3) is 0 Å². The van der Waals surface area contributed by atoms with Gasteiger partial charge in [-0.2, -0.15) is 0 Å². The number of rotatable bonds is 9. The number of anilines is 1. The maximum Gasteiger partial charge on any atom is 0.0445 e. The molecule has 108 valence electrons. The van der Waals surface area contributed by atoms with Crippen LogP contribution in [-0.4, -0.2) is 24.6 Å². The molecule has 0 aliphatic carbocycles. The number of nitrogens with one attached hydrogen (secondary N) is 1. The van der Waals surface area contributed by atoms with Crippen molar-refractivity contribution in [1.29, 1.82) is 0 Å². The Bertz CT molecular complexity index is 363. The number of aromatic nitrogens is 1. The Morgan fingerprint density at radius 2 is 2.00 bits per heavy atom. The Morgan fingerprint density at radius 3 is 2.63 bits per heavy atom. The van der Waals surface area contributed by atoms with E-state index >= 15 is 0 Å². The molecule has 0 saturated heterocycles. The highest BCUT2D eigenvalue weighted by Crippen LogP contribution is 2.21. The smallest absolute Gasteiger partial charge is 0.0445 e. The molecule has 3 nitrogen and oxygen atoms in total. The summed E-state index contributed by atoms with van der Waals surface area (Å²) in [6, 6.07) is 2.22. The van der Waals surface area contributed by atoms with Gasteiger partial charge in [0, 0.05) is 42.8 Å². The number of hydrogen-bond donors (Lipinski definition) is 1. The highest BCUT2D eigenvalue weighted by atomic mass is 15.1. The number of aryl methyl sites for hydroxylation is 1. The van der Waals surface area contributed by atoms with Crippen molar-refractivity contribution in [1.82, 2.24) is 10.3 Å². The fourth-order valence-corrected chi connectivity index (χ4v) is 2.20. The minimum absolute atomic E-state index is 0.916. The quantitative estimate of drug-likeness (QED) is 0.691. The number of unbranched alkanes of at least 4 members (excludes halogenated alkanes) is 1. The topological polar surface area (TPSA) is 28.2 Å². The van der Waals surface area contributed by atoms with Crippen LogP contribution in [0.1, 0.15) is 51.3 Å². The van der Waals surface area contributed by atoms with Crippen molar-refractivity contribution < 1.29 is 0 Å². The summed E-state index contributed by atoms with van der Waals surface area (Å²) in [6.45, 7) is 12.9. The summed E-state index contributed by atoms with van der Waals surface area (Å²) in [5, 5.41) is 3.48. The van der Waals surface area contributed by atoms with E-state index in [1.54, 1.807) is 0 Å². The first-order valence-electron chi connectivity index (χ1n) is 7.64. The van der Waals surface area contributed by atoms with E-state index in [0.717, 1.165) is 31.9 Å². The van der Waals surface area contributed by atoms with Crippen LogP contribution in [0.4, 0.5) is 5.69 Å². The zero-order valence-electron chi connectivity index (χ0n) is 13.0. The summed E-state index contributed by atoms with van der Waals surface area (Å²) in [5.74, 6) is 0. The summed E-state index contributed by atoms with van der Waals surface area (Å²) >= 11 is 0. The van der Waals surface area contributed by atoms with Gasteiger partial charge < -0.3 is 10.2 Å². The summed E-state index contributed by atoms with van der Waals surface area (Å²) in [7, 11) is 0. The molecule has 19 heavy (non-hydrogen) atoms. The van der Waals surface area contributed by atoms with Crippen LogP contribution in [-0.2, 0) is 6.54 Å². The zero-order valence-corrected chi connectivity index (χ0v) is 13.0. The lowest BCUT2D eigenvalue weighted by Crippen LogP contribution is -2.26. The average Bonchev–Trinajstić information content (AvgIpc) is 2.42. The predicted molar refractivity (Wildman–Crippen MR) is 83.8 cm³/mol. The van der Waals surface area contributed by atoms with E-state index in [9.17, 15) is 0 Å².